The van der Waals surface area contributed by atoms with Gasteiger partial charge in [0.1, 0.15) is 6.07 Å². The Morgan fingerprint density at radius 2 is 1.73 bits per heavy atom. The molecule has 3 aromatic rings. The van der Waals surface area contributed by atoms with Crippen molar-refractivity contribution in [3.8, 4) is 17.5 Å². The number of para-hydroxylation sites is 1. The van der Waals surface area contributed by atoms with Crippen LogP contribution in [0, 0.1) is 11.3 Å². The molecule has 30 heavy (non-hydrogen) atoms. The third kappa shape index (κ3) is 4.27. The highest BCUT2D eigenvalue weighted by Crippen LogP contribution is 2.21. The molecule has 0 saturated carbocycles. The molecule has 0 amide bonds. The molecule has 154 valence electrons. The number of nitriles is 1. The number of nitrogens with zero attached hydrogens (tertiary/aromatic N) is 5. The van der Waals surface area contributed by atoms with E-state index in [1.165, 1.54) is 4.57 Å². The molecular weight excluding hydrogens is 382 g/mol. The van der Waals surface area contributed by atoms with Gasteiger partial charge in [0.2, 0.25) is 0 Å². The summed E-state index contributed by atoms with van der Waals surface area (Å²) in [6.45, 7) is 3.63. The number of aliphatic hydroxyl groups excluding tert-OH is 1. The van der Waals surface area contributed by atoms with Crippen LogP contribution < -0.4 is 10.7 Å². The lowest BCUT2D eigenvalue weighted by molar-refractivity contribution is 0.0936. The highest BCUT2D eigenvalue weighted by Gasteiger charge is 2.22. The standard InChI is InChI=1S/C22H23N5O3/c23-14-18-8-4-5-9-20(18)26-12-10-25(11-13-26)15-19(28)16-27-21(24-30-22(27)29)17-6-2-1-3-7-17/h1-9,19,28H,10-13,15-16H2. The van der Waals surface area contributed by atoms with Gasteiger partial charge in [-0.15, -0.1) is 0 Å². The van der Waals surface area contributed by atoms with Crippen LogP contribution in [0.1, 0.15) is 5.56 Å². The number of aliphatic hydroxyl groups is 1. The molecular formula is C22H23N5O3. The first kappa shape index (κ1) is 19.9. The Hall–Kier alpha value is -3.41. The maximum absolute atomic E-state index is 12.1. The third-order valence-electron chi connectivity index (χ3n) is 5.32. The lowest BCUT2D eigenvalue weighted by Gasteiger charge is -2.37. The number of hydrogen-bond donors (Lipinski definition) is 1. The van der Waals surface area contributed by atoms with E-state index in [1.807, 2.05) is 54.6 Å². The Morgan fingerprint density at radius 1 is 1.03 bits per heavy atom. The number of rotatable bonds is 6. The molecule has 1 aliphatic rings. The Balaban J connectivity index is 1.36. The Kier molecular flexibility index (Phi) is 5.93. The molecule has 0 radical (unpaired) electrons. The number of piperazine rings is 1. The first-order chi connectivity index (χ1) is 14.7. The summed E-state index contributed by atoms with van der Waals surface area (Å²) in [5.41, 5.74) is 2.38. The zero-order valence-corrected chi connectivity index (χ0v) is 16.5. The predicted molar refractivity (Wildman–Crippen MR) is 112 cm³/mol. The molecule has 0 spiro atoms. The van der Waals surface area contributed by atoms with E-state index in [9.17, 15) is 15.2 Å². The van der Waals surface area contributed by atoms with Gasteiger partial charge < -0.3 is 10.0 Å². The second-order valence-electron chi connectivity index (χ2n) is 7.32. The molecule has 8 heteroatoms. The average Bonchev–Trinajstić information content (AvgIpc) is 3.15. The molecule has 1 aliphatic heterocycles. The van der Waals surface area contributed by atoms with Gasteiger partial charge in [0.05, 0.1) is 23.9 Å². The summed E-state index contributed by atoms with van der Waals surface area (Å²) in [4.78, 5) is 16.4. The lowest BCUT2D eigenvalue weighted by Crippen LogP contribution is -2.49. The van der Waals surface area contributed by atoms with Crippen molar-refractivity contribution in [2.75, 3.05) is 37.6 Å². The summed E-state index contributed by atoms with van der Waals surface area (Å²) < 4.78 is 6.20. The van der Waals surface area contributed by atoms with Crippen molar-refractivity contribution in [1.29, 1.82) is 5.26 Å². The minimum Gasteiger partial charge on any atom is -0.390 e. The summed E-state index contributed by atoms with van der Waals surface area (Å²) in [5.74, 6) is -0.164. The topological polar surface area (TPSA) is 98.5 Å². The van der Waals surface area contributed by atoms with Crippen LogP contribution >= 0.6 is 0 Å². The van der Waals surface area contributed by atoms with Crippen LogP contribution in [0.15, 0.2) is 63.9 Å². The molecule has 0 aliphatic carbocycles. The summed E-state index contributed by atoms with van der Waals surface area (Å²) >= 11 is 0. The lowest BCUT2D eigenvalue weighted by atomic mass is 10.1. The normalized spacial score (nSPS) is 15.7. The number of hydrogen-bond acceptors (Lipinski definition) is 7. The highest BCUT2D eigenvalue weighted by molar-refractivity contribution is 5.59. The predicted octanol–water partition coefficient (Wildman–Crippen LogP) is 1.56. The molecule has 1 unspecified atom stereocenters. The number of anilines is 1. The molecule has 1 atom stereocenters. The van der Waals surface area contributed by atoms with Gasteiger partial charge in [0.15, 0.2) is 5.82 Å². The van der Waals surface area contributed by atoms with Gasteiger partial charge in [-0.1, -0.05) is 47.6 Å². The van der Waals surface area contributed by atoms with Crippen molar-refractivity contribution >= 4 is 5.69 Å². The first-order valence-electron chi connectivity index (χ1n) is 9.92. The van der Waals surface area contributed by atoms with Crippen molar-refractivity contribution in [2.24, 2.45) is 0 Å². The molecule has 4 rings (SSSR count). The van der Waals surface area contributed by atoms with Crippen molar-refractivity contribution in [3.63, 3.8) is 0 Å². The molecule has 1 saturated heterocycles. The van der Waals surface area contributed by atoms with Crippen LogP contribution in [-0.2, 0) is 6.54 Å². The molecule has 1 fully saturated rings. The van der Waals surface area contributed by atoms with E-state index in [0.29, 0.717) is 17.9 Å². The van der Waals surface area contributed by atoms with Gasteiger partial charge in [-0.3, -0.25) is 14.0 Å². The first-order valence-corrected chi connectivity index (χ1v) is 9.92. The zero-order chi connectivity index (χ0) is 20.9. The van der Waals surface area contributed by atoms with Crippen LogP contribution in [0.2, 0.25) is 0 Å². The Morgan fingerprint density at radius 3 is 2.47 bits per heavy atom. The molecule has 2 aromatic carbocycles. The summed E-state index contributed by atoms with van der Waals surface area (Å²) in [6, 6.07) is 19.1. The average molecular weight is 405 g/mol. The quantitative estimate of drug-likeness (QED) is 0.664. The van der Waals surface area contributed by atoms with Gasteiger partial charge in [-0.05, 0) is 12.1 Å². The molecule has 2 heterocycles. The maximum Gasteiger partial charge on any atom is 0.441 e. The van der Waals surface area contributed by atoms with E-state index < -0.39 is 11.9 Å². The summed E-state index contributed by atoms with van der Waals surface area (Å²) in [5, 5.41) is 23.8. The Bertz CT molecular complexity index is 1080. The van der Waals surface area contributed by atoms with Crippen LogP contribution in [0.5, 0.6) is 0 Å². The minimum atomic E-state index is -0.734. The van der Waals surface area contributed by atoms with Crippen LogP contribution in [-0.4, -0.2) is 58.6 Å². The Labute approximate surface area is 174 Å². The minimum absolute atomic E-state index is 0.115. The van der Waals surface area contributed by atoms with Gasteiger partial charge in [-0.2, -0.15) is 5.26 Å². The monoisotopic (exact) mass is 405 g/mol. The van der Waals surface area contributed by atoms with E-state index in [-0.39, 0.29) is 6.54 Å². The molecule has 0 bridgehead atoms. The van der Waals surface area contributed by atoms with Gasteiger partial charge in [-0.25, -0.2) is 4.79 Å². The van der Waals surface area contributed by atoms with Gasteiger partial charge in [0, 0.05) is 38.3 Å². The van der Waals surface area contributed by atoms with Crippen molar-refractivity contribution < 1.29 is 9.63 Å². The molecule has 8 nitrogen and oxygen atoms in total. The van der Waals surface area contributed by atoms with Crippen molar-refractivity contribution in [3.05, 3.63) is 70.7 Å². The van der Waals surface area contributed by atoms with Crippen LogP contribution in [0.25, 0.3) is 11.4 Å². The van der Waals surface area contributed by atoms with E-state index >= 15 is 0 Å². The fourth-order valence-electron chi connectivity index (χ4n) is 3.81. The second kappa shape index (κ2) is 8.95. The van der Waals surface area contributed by atoms with E-state index in [1.54, 1.807) is 0 Å². The van der Waals surface area contributed by atoms with Crippen LogP contribution in [0.3, 0.4) is 0 Å². The highest BCUT2D eigenvalue weighted by atomic mass is 16.5. The summed E-state index contributed by atoms with van der Waals surface area (Å²) in [6.07, 6.45) is -0.734. The van der Waals surface area contributed by atoms with E-state index in [0.717, 1.165) is 37.4 Å². The van der Waals surface area contributed by atoms with Crippen molar-refractivity contribution in [2.45, 2.75) is 12.6 Å². The smallest absolute Gasteiger partial charge is 0.390 e. The van der Waals surface area contributed by atoms with Gasteiger partial charge >= 0.3 is 5.76 Å². The zero-order valence-electron chi connectivity index (χ0n) is 16.5. The van der Waals surface area contributed by atoms with Gasteiger partial charge in [0.25, 0.3) is 0 Å². The fraction of sp³-hybridized carbons (Fsp3) is 0.318. The number of aromatic nitrogens is 2. The number of β-amino-alcohol motifs (C(OH)–C–C–N with tert-alkyl or cyclic N) is 1. The van der Waals surface area contributed by atoms with E-state index in [4.69, 9.17) is 4.52 Å². The largest absolute Gasteiger partial charge is 0.441 e. The van der Waals surface area contributed by atoms with Crippen molar-refractivity contribution in [1.82, 2.24) is 14.6 Å². The summed E-state index contributed by atoms with van der Waals surface area (Å²) in [7, 11) is 0. The van der Waals surface area contributed by atoms with Crippen LogP contribution in [0.4, 0.5) is 5.69 Å². The third-order valence-corrected chi connectivity index (χ3v) is 5.32. The second-order valence-corrected chi connectivity index (χ2v) is 7.32. The van der Waals surface area contributed by atoms with E-state index in [2.05, 4.69) is 21.0 Å². The molecule has 1 aromatic heterocycles. The number of benzene rings is 2. The maximum atomic E-state index is 12.1. The fourth-order valence-corrected chi connectivity index (χ4v) is 3.81. The SMILES string of the molecule is N#Cc1ccccc1N1CCN(CC(O)Cn2c(-c3ccccc3)noc2=O)CC1. The molecule has 1 N–H and O–H groups in total.